The van der Waals surface area contributed by atoms with E-state index in [9.17, 15) is 4.79 Å². The van der Waals surface area contributed by atoms with Gasteiger partial charge < -0.3 is 4.90 Å². The number of rotatable bonds is 3. The highest BCUT2D eigenvalue weighted by Crippen LogP contribution is 2.00. The summed E-state index contributed by atoms with van der Waals surface area (Å²) in [6.45, 7) is 0.0531. The number of hydrogen-bond donors (Lipinski definition) is 1. The predicted molar refractivity (Wildman–Crippen MR) is 49.1 cm³/mol. The second kappa shape index (κ2) is 4.77. The summed E-state index contributed by atoms with van der Waals surface area (Å²) in [5, 5.41) is 10.2. The number of nitrogens with one attached hydrogen (secondary N) is 1. The van der Waals surface area contributed by atoms with Crippen molar-refractivity contribution in [2.75, 3.05) is 18.5 Å². The number of aromatic nitrogens is 2. The highest BCUT2D eigenvalue weighted by Gasteiger charge is 2.07. The normalized spacial score (nSPS) is 8.86. The van der Waals surface area contributed by atoms with Gasteiger partial charge in [-0.3, -0.25) is 10.1 Å². The molecule has 0 saturated heterocycles. The number of anilines is 1. The van der Waals surface area contributed by atoms with Crippen LogP contribution in [0.5, 0.6) is 0 Å². The van der Waals surface area contributed by atoms with Gasteiger partial charge in [0.05, 0.1) is 0 Å². The Labute approximate surface area is 81.2 Å². The molecular formula is C8H9N5O. The zero-order chi connectivity index (χ0) is 10.4. The van der Waals surface area contributed by atoms with Gasteiger partial charge in [0.2, 0.25) is 5.95 Å². The van der Waals surface area contributed by atoms with Crippen molar-refractivity contribution in [1.29, 1.82) is 5.26 Å². The minimum absolute atomic E-state index is 0.0531. The summed E-state index contributed by atoms with van der Waals surface area (Å²) in [6.07, 6.45) is 4.73. The van der Waals surface area contributed by atoms with Crippen LogP contribution in [-0.4, -0.2) is 29.5 Å². The number of carbonyl (C=O) groups excluding carboxylic acids is 1. The number of nitrogens with zero attached hydrogens (tertiary/aromatic N) is 4. The maximum absolute atomic E-state index is 11.0. The lowest BCUT2D eigenvalue weighted by atomic mass is 10.5. The molecule has 1 heterocycles. The molecular weight excluding hydrogens is 182 g/mol. The maximum atomic E-state index is 11.0. The van der Waals surface area contributed by atoms with Gasteiger partial charge in [0, 0.05) is 19.4 Å². The first-order valence-electron chi connectivity index (χ1n) is 3.90. The molecule has 6 heteroatoms. The fourth-order valence-corrected chi connectivity index (χ4v) is 0.876. The third-order valence-electron chi connectivity index (χ3n) is 1.47. The highest BCUT2D eigenvalue weighted by molar-refractivity contribution is 5.81. The lowest BCUT2D eigenvalue weighted by Gasteiger charge is -2.14. The Morgan fingerprint density at radius 2 is 2.29 bits per heavy atom. The van der Waals surface area contributed by atoms with Gasteiger partial charge in [-0.2, -0.15) is 5.26 Å². The Hall–Kier alpha value is -2.16. The Bertz CT molecular complexity index is 344. The van der Waals surface area contributed by atoms with Crippen LogP contribution in [0.4, 0.5) is 5.95 Å². The van der Waals surface area contributed by atoms with Crippen molar-refractivity contribution in [3.05, 3.63) is 18.5 Å². The fourth-order valence-electron chi connectivity index (χ4n) is 0.876. The Morgan fingerprint density at radius 1 is 1.64 bits per heavy atom. The zero-order valence-corrected chi connectivity index (χ0v) is 7.64. The lowest BCUT2D eigenvalue weighted by molar-refractivity contribution is -0.118. The molecule has 0 fully saturated rings. The summed E-state index contributed by atoms with van der Waals surface area (Å²) in [4.78, 5) is 20.4. The molecule has 0 aliphatic carbocycles. The molecule has 0 atom stereocenters. The monoisotopic (exact) mass is 191 g/mol. The van der Waals surface area contributed by atoms with E-state index in [1.807, 2.05) is 5.32 Å². The van der Waals surface area contributed by atoms with Crippen LogP contribution in [0.25, 0.3) is 0 Å². The van der Waals surface area contributed by atoms with E-state index in [1.165, 1.54) is 0 Å². The third kappa shape index (κ3) is 2.71. The van der Waals surface area contributed by atoms with Gasteiger partial charge >= 0.3 is 0 Å². The molecule has 14 heavy (non-hydrogen) atoms. The van der Waals surface area contributed by atoms with Crippen molar-refractivity contribution in [2.45, 2.75) is 0 Å². The zero-order valence-electron chi connectivity index (χ0n) is 7.64. The summed E-state index contributed by atoms with van der Waals surface area (Å²) >= 11 is 0. The van der Waals surface area contributed by atoms with Gasteiger partial charge in [-0.05, 0) is 6.07 Å². The largest absolute Gasteiger partial charge is 0.335 e. The van der Waals surface area contributed by atoms with Gasteiger partial charge in [0.25, 0.3) is 5.91 Å². The maximum Gasteiger partial charge on any atom is 0.252 e. The SMILES string of the molecule is CN(CC(=O)NC#N)c1ncccn1. The Morgan fingerprint density at radius 3 is 2.86 bits per heavy atom. The topological polar surface area (TPSA) is 81.9 Å². The predicted octanol–water partition coefficient (Wildman–Crippen LogP) is -0.490. The van der Waals surface area contributed by atoms with E-state index in [4.69, 9.17) is 5.26 Å². The summed E-state index contributed by atoms with van der Waals surface area (Å²) in [5.41, 5.74) is 0. The molecule has 0 bridgehead atoms. The number of likely N-dealkylation sites (N-methyl/N-ethyl adjacent to an activating group) is 1. The van der Waals surface area contributed by atoms with Crippen LogP contribution >= 0.6 is 0 Å². The first-order valence-corrected chi connectivity index (χ1v) is 3.90. The van der Waals surface area contributed by atoms with E-state index in [-0.39, 0.29) is 12.5 Å². The second-order valence-electron chi connectivity index (χ2n) is 2.56. The van der Waals surface area contributed by atoms with Gasteiger partial charge in [-0.25, -0.2) is 9.97 Å². The van der Waals surface area contributed by atoms with E-state index in [0.717, 1.165) is 0 Å². The van der Waals surface area contributed by atoms with Crippen LogP contribution in [-0.2, 0) is 4.79 Å². The lowest BCUT2D eigenvalue weighted by Crippen LogP contribution is -2.33. The van der Waals surface area contributed by atoms with Gasteiger partial charge in [0.15, 0.2) is 6.19 Å². The van der Waals surface area contributed by atoms with Gasteiger partial charge in [-0.1, -0.05) is 0 Å². The van der Waals surface area contributed by atoms with Crippen LogP contribution < -0.4 is 10.2 Å². The molecule has 1 amide bonds. The molecule has 0 unspecified atom stereocenters. The van der Waals surface area contributed by atoms with Crippen molar-refractivity contribution in [1.82, 2.24) is 15.3 Å². The number of carbonyl (C=O) groups is 1. The molecule has 0 saturated carbocycles. The molecule has 0 aliphatic heterocycles. The minimum Gasteiger partial charge on any atom is -0.335 e. The molecule has 72 valence electrons. The summed E-state index contributed by atoms with van der Waals surface area (Å²) in [6, 6.07) is 1.69. The number of amides is 1. The van der Waals surface area contributed by atoms with Gasteiger partial charge in [0.1, 0.15) is 6.54 Å². The Kier molecular flexibility index (Phi) is 3.38. The van der Waals surface area contributed by atoms with Crippen LogP contribution in [0, 0.1) is 11.5 Å². The third-order valence-corrected chi connectivity index (χ3v) is 1.47. The van der Waals surface area contributed by atoms with E-state index < -0.39 is 0 Å². The van der Waals surface area contributed by atoms with Crippen molar-refractivity contribution >= 4 is 11.9 Å². The molecule has 0 aromatic carbocycles. The van der Waals surface area contributed by atoms with Crippen molar-refractivity contribution in [3.8, 4) is 6.19 Å². The van der Waals surface area contributed by atoms with Gasteiger partial charge in [-0.15, -0.1) is 0 Å². The van der Waals surface area contributed by atoms with Crippen molar-refractivity contribution in [3.63, 3.8) is 0 Å². The minimum atomic E-state index is -0.387. The second-order valence-corrected chi connectivity index (χ2v) is 2.56. The number of hydrogen-bond acceptors (Lipinski definition) is 5. The first-order chi connectivity index (χ1) is 6.74. The molecule has 1 N–H and O–H groups in total. The van der Waals surface area contributed by atoms with E-state index >= 15 is 0 Å². The smallest absolute Gasteiger partial charge is 0.252 e. The van der Waals surface area contributed by atoms with E-state index in [2.05, 4.69) is 9.97 Å². The van der Waals surface area contributed by atoms with E-state index in [1.54, 1.807) is 36.6 Å². The molecule has 6 nitrogen and oxygen atoms in total. The molecule has 1 aromatic heterocycles. The molecule has 1 aromatic rings. The van der Waals surface area contributed by atoms with E-state index in [0.29, 0.717) is 5.95 Å². The van der Waals surface area contributed by atoms with Crippen LogP contribution in [0.1, 0.15) is 0 Å². The molecule has 0 spiro atoms. The first kappa shape index (κ1) is 9.92. The molecule has 1 rings (SSSR count). The standard InChI is InChI=1S/C8H9N5O/c1-13(5-7(14)12-6-9)8-10-3-2-4-11-8/h2-4H,5H2,1H3,(H,12,14). The fraction of sp³-hybridized carbons (Fsp3) is 0.250. The molecule has 0 radical (unpaired) electrons. The molecule has 0 aliphatic rings. The summed E-state index contributed by atoms with van der Waals surface area (Å²) < 4.78 is 0. The van der Waals surface area contributed by atoms with Crippen molar-refractivity contribution < 1.29 is 4.79 Å². The number of nitriles is 1. The summed E-state index contributed by atoms with van der Waals surface area (Å²) in [7, 11) is 1.67. The Balaban J connectivity index is 2.56. The van der Waals surface area contributed by atoms with Crippen molar-refractivity contribution in [2.24, 2.45) is 0 Å². The van der Waals surface area contributed by atoms with Crippen LogP contribution in [0.15, 0.2) is 18.5 Å². The van der Waals surface area contributed by atoms with Crippen LogP contribution in [0.3, 0.4) is 0 Å². The highest BCUT2D eigenvalue weighted by atomic mass is 16.1. The quantitative estimate of drug-likeness (QED) is 0.515. The van der Waals surface area contributed by atoms with Crippen LogP contribution in [0.2, 0.25) is 0 Å². The average Bonchev–Trinajstić information content (AvgIpc) is 2.19. The summed E-state index contributed by atoms with van der Waals surface area (Å²) in [5.74, 6) is 0.0584. The average molecular weight is 191 g/mol.